The van der Waals surface area contributed by atoms with Crippen molar-refractivity contribution >= 4 is 11.9 Å². The van der Waals surface area contributed by atoms with Gasteiger partial charge in [-0.1, -0.05) is 295 Å². The quantitative estimate of drug-likeness (QED) is 0.0321. The first-order valence-electron chi connectivity index (χ1n) is 31.6. The fourth-order valence-electron chi connectivity index (χ4n) is 9.91. The Balaban J connectivity index is 3.47. The molecule has 0 radical (unpaired) electrons. The SMILES string of the molecule is CCCCCCCCCCCCCCCCCCCCCC(O)C(CO)NC(=O)CCCCCCCCC/C=C\C/C=C\CCCCCOC(=O)CCCCCCCCCCCCCCCCCCC. The second-order valence-electron chi connectivity index (χ2n) is 21.7. The lowest BCUT2D eigenvalue weighted by molar-refractivity contribution is -0.143. The van der Waals surface area contributed by atoms with Gasteiger partial charge in [0.1, 0.15) is 0 Å². The predicted molar refractivity (Wildman–Crippen MR) is 306 cm³/mol. The Morgan fingerprint density at radius 2 is 0.714 bits per heavy atom. The van der Waals surface area contributed by atoms with Crippen LogP contribution in [0.25, 0.3) is 0 Å². The third kappa shape index (κ3) is 55.7. The average molecular weight is 987 g/mol. The number of hydrogen-bond donors (Lipinski definition) is 3. The summed E-state index contributed by atoms with van der Waals surface area (Å²) < 4.78 is 5.47. The number of unbranched alkanes of at least 4 members (excludes halogenated alkanes) is 44. The number of aliphatic hydroxyl groups excluding tert-OH is 2. The van der Waals surface area contributed by atoms with Crippen molar-refractivity contribution in [3.8, 4) is 0 Å². The molecule has 2 unspecified atom stereocenters. The Hall–Kier alpha value is -1.66. The third-order valence-electron chi connectivity index (χ3n) is 14.8. The van der Waals surface area contributed by atoms with Crippen molar-refractivity contribution in [3.63, 3.8) is 0 Å². The number of carbonyl (C=O) groups excluding carboxylic acids is 2. The van der Waals surface area contributed by atoms with E-state index in [-0.39, 0.29) is 18.5 Å². The molecule has 0 bridgehead atoms. The first-order valence-corrected chi connectivity index (χ1v) is 31.6. The smallest absolute Gasteiger partial charge is 0.305 e. The minimum absolute atomic E-state index is 0.0108. The van der Waals surface area contributed by atoms with Gasteiger partial charge in [0, 0.05) is 12.8 Å². The van der Waals surface area contributed by atoms with Crippen LogP contribution < -0.4 is 5.32 Å². The summed E-state index contributed by atoms with van der Waals surface area (Å²) in [5.74, 6) is -0.0588. The highest BCUT2D eigenvalue weighted by atomic mass is 16.5. The van der Waals surface area contributed by atoms with Gasteiger partial charge in [0.2, 0.25) is 5.91 Å². The van der Waals surface area contributed by atoms with Gasteiger partial charge in [-0.05, 0) is 64.2 Å². The predicted octanol–water partition coefficient (Wildman–Crippen LogP) is 19.8. The summed E-state index contributed by atoms with van der Waals surface area (Å²) >= 11 is 0. The number of rotatable bonds is 59. The Morgan fingerprint density at radius 3 is 1.09 bits per heavy atom. The van der Waals surface area contributed by atoms with Crippen LogP contribution in [0.5, 0.6) is 0 Å². The summed E-state index contributed by atoms with van der Waals surface area (Å²) in [6, 6.07) is -0.554. The molecule has 0 saturated carbocycles. The monoisotopic (exact) mass is 986 g/mol. The van der Waals surface area contributed by atoms with Crippen molar-refractivity contribution in [2.75, 3.05) is 13.2 Å². The summed E-state index contributed by atoms with van der Waals surface area (Å²) in [5.41, 5.74) is 0. The Kier molecular flexibility index (Phi) is 58.5. The molecule has 0 rings (SSSR count). The maximum Gasteiger partial charge on any atom is 0.305 e. The third-order valence-corrected chi connectivity index (χ3v) is 14.8. The maximum atomic E-state index is 12.5. The lowest BCUT2D eigenvalue weighted by atomic mass is 10.0. The molecule has 2 atom stereocenters. The van der Waals surface area contributed by atoms with Crippen LogP contribution in [0, 0.1) is 0 Å². The topological polar surface area (TPSA) is 95.9 Å². The first kappa shape index (κ1) is 68.3. The van der Waals surface area contributed by atoms with Crippen LogP contribution in [-0.4, -0.2) is 47.4 Å². The van der Waals surface area contributed by atoms with Crippen LogP contribution in [0.4, 0.5) is 0 Å². The van der Waals surface area contributed by atoms with E-state index >= 15 is 0 Å². The molecule has 3 N–H and O–H groups in total. The van der Waals surface area contributed by atoms with Gasteiger partial charge in [0.15, 0.2) is 0 Å². The number of hydrogen-bond acceptors (Lipinski definition) is 5. The molecule has 0 spiro atoms. The summed E-state index contributed by atoms with van der Waals surface area (Å²) in [7, 11) is 0. The van der Waals surface area contributed by atoms with Crippen LogP contribution in [0.15, 0.2) is 24.3 Å². The Bertz CT molecular complexity index is 1090. The number of aliphatic hydroxyl groups is 2. The van der Waals surface area contributed by atoms with Crippen molar-refractivity contribution in [3.05, 3.63) is 24.3 Å². The minimum Gasteiger partial charge on any atom is -0.466 e. The lowest BCUT2D eigenvalue weighted by Gasteiger charge is -2.22. The molecule has 0 fully saturated rings. The van der Waals surface area contributed by atoms with Gasteiger partial charge in [-0.3, -0.25) is 9.59 Å². The van der Waals surface area contributed by atoms with Gasteiger partial charge in [-0.15, -0.1) is 0 Å². The second kappa shape index (κ2) is 59.9. The minimum atomic E-state index is -0.675. The van der Waals surface area contributed by atoms with E-state index in [1.165, 1.54) is 231 Å². The summed E-state index contributed by atoms with van der Waals surface area (Å²) in [6.45, 7) is 4.94. The molecule has 414 valence electrons. The van der Waals surface area contributed by atoms with E-state index in [4.69, 9.17) is 4.74 Å². The molecule has 0 heterocycles. The van der Waals surface area contributed by atoms with Gasteiger partial charge in [-0.2, -0.15) is 0 Å². The van der Waals surface area contributed by atoms with Gasteiger partial charge in [-0.25, -0.2) is 0 Å². The van der Waals surface area contributed by atoms with Crippen LogP contribution in [0.3, 0.4) is 0 Å². The Labute approximate surface area is 437 Å². The molecule has 0 aliphatic heterocycles. The molecular weight excluding hydrogens is 863 g/mol. The second-order valence-corrected chi connectivity index (χ2v) is 21.7. The van der Waals surface area contributed by atoms with Crippen LogP contribution in [-0.2, 0) is 14.3 Å². The van der Waals surface area contributed by atoms with Gasteiger partial charge < -0.3 is 20.3 Å². The molecule has 0 saturated heterocycles. The summed E-state index contributed by atoms with van der Waals surface area (Å²) in [6.07, 6.45) is 73.3. The molecule has 6 nitrogen and oxygen atoms in total. The fourth-order valence-corrected chi connectivity index (χ4v) is 9.91. The zero-order chi connectivity index (χ0) is 50.7. The van der Waals surface area contributed by atoms with Crippen LogP contribution in [0.1, 0.15) is 348 Å². The van der Waals surface area contributed by atoms with E-state index in [1.807, 2.05) is 0 Å². The van der Waals surface area contributed by atoms with Crippen molar-refractivity contribution in [2.45, 2.75) is 360 Å². The molecule has 0 aromatic carbocycles. The Morgan fingerprint density at radius 1 is 0.400 bits per heavy atom. The summed E-state index contributed by atoms with van der Waals surface area (Å²) in [5, 5.41) is 23.3. The van der Waals surface area contributed by atoms with E-state index in [2.05, 4.69) is 43.5 Å². The maximum absolute atomic E-state index is 12.5. The molecule has 1 amide bonds. The van der Waals surface area contributed by atoms with E-state index in [0.29, 0.717) is 25.9 Å². The molecule has 0 aromatic heterocycles. The van der Waals surface area contributed by atoms with Gasteiger partial charge >= 0.3 is 5.97 Å². The van der Waals surface area contributed by atoms with E-state index in [9.17, 15) is 19.8 Å². The van der Waals surface area contributed by atoms with Crippen molar-refractivity contribution in [1.82, 2.24) is 5.32 Å². The van der Waals surface area contributed by atoms with Gasteiger partial charge in [0.25, 0.3) is 0 Å². The average Bonchev–Trinajstić information content (AvgIpc) is 3.36. The number of nitrogens with one attached hydrogen (secondary N) is 1. The number of carbonyl (C=O) groups is 2. The lowest BCUT2D eigenvalue weighted by Crippen LogP contribution is -2.45. The zero-order valence-corrected chi connectivity index (χ0v) is 47.3. The van der Waals surface area contributed by atoms with E-state index in [0.717, 1.165) is 83.5 Å². The van der Waals surface area contributed by atoms with Crippen LogP contribution >= 0.6 is 0 Å². The highest BCUT2D eigenvalue weighted by molar-refractivity contribution is 5.76. The highest BCUT2D eigenvalue weighted by Crippen LogP contribution is 2.18. The number of amides is 1. The molecule has 0 aliphatic rings. The highest BCUT2D eigenvalue weighted by Gasteiger charge is 2.20. The fraction of sp³-hybridized carbons (Fsp3) is 0.906. The molecule has 70 heavy (non-hydrogen) atoms. The van der Waals surface area contributed by atoms with Crippen molar-refractivity contribution < 1.29 is 24.5 Å². The molecule has 0 aliphatic carbocycles. The number of esters is 1. The number of allylic oxidation sites excluding steroid dienone is 4. The normalized spacial score (nSPS) is 12.7. The molecule has 6 heteroatoms. The van der Waals surface area contributed by atoms with E-state index in [1.54, 1.807) is 0 Å². The van der Waals surface area contributed by atoms with Gasteiger partial charge in [0.05, 0.1) is 25.4 Å². The van der Waals surface area contributed by atoms with Crippen molar-refractivity contribution in [1.29, 1.82) is 0 Å². The standard InChI is InChI=1S/C64H123NO5/c1-3-5-7-9-11-13-15-17-19-21-22-25-28-32-36-40-44-48-52-56-62(67)61(60-66)65-63(68)57-53-49-45-41-37-33-29-26-23-27-31-35-39-43-47-51-55-59-70-64(69)58-54-50-46-42-38-34-30-24-20-18-16-14-12-10-8-6-4-2/h23,27,35,39,61-62,66-67H,3-22,24-26,28-34,36-38,40-60H2,1-2H3,(H,65,68)/b27-23-,39-35-. The van der Waals surface area contributed by atoms with Crippen molar-refractivity contribution in [2.24, 2.45) is 0 Å². The summed E-state index contributed by atoms with van der Waals surface area (Å²) in [4.78, 5) is 24.6. The first-order chi connectivity index (χ1) is 34.5. The molecule has 0 aromatic rings. The van der Waals surface area contributed by atoms with E-state index < -0.39 is 12.1 Å². The zero-order valence-electron chi connectivity index (χ0n) is 47.3. The molecular formula is C64H123NO5. The largest absolute Gasteiger partial charge is 0.466 e. The number of ether oxygens (including phenoxy) is 1. The van der Waals surface area contributed by atoms with Crippen LogP contribution in [0.2, 0.25) is 0 Å².